The molecule has 0 aliphatic heterocycles. The van der Waals surface area contributed by atoms with Crippen molar-refractivity contribution in [1.82, 2.24) is 5.32 Å². The van der Waals surface area contributed by atoms with Crippen molar-refractivity contribution in [1.29, 1.82) is 0 Å². The third-order valence-corrected chi connectivity index (χ3v) is 4.76. The predicted molar refractivity (Wildman–Crippen MR) is 115 cm³/mol. The number of benzene rings is 2. The first-order valence-electron chi connectivity index (χ1n) is 10.1. The number of hydrogen-bond acceptors (Lipinski definition) is 5. The Bertz CT molecular complexity index is 860. The molecule has 0 aliphatic carbocycles. The fourth-order valence-electron chi connectivity index (χ4n) is 3.21. The van der Waals surface area contributed by atoms with Crippen LogP contribution in [0.25, 0.3) is 11.1 Å². The van der Waals surface area contributed by atoms with Gasteiger partial charge in [0.2, 0.25) is 5.91 Å². The number of nitrogens with one attached hydrogen (secondary N) is 1. The van der Waals surface area contributed by atoms with Crippen LogP contribution in [-0.2, 0) is 30.3 Å². The molecule has 0 aromatic heterocycles. The van der Waals surface area contributed by atoms with Crippen LogP contribution in [0.2, 0.25) is 0 Å². The molecule has 1 N–H and O–H groups in total. The number of rotatable bonds is 10. The zero-order chi connectivity index (χ0) is 21.9. The molecule has 160 valence electrons. The number of carbonyl (C=O) groups excluding carboxylic acids is 3. The van der Waals surface area contributed by atoms with Gasteiger partial charge in [-0.1, -0.05) is 48.5 Å². The Kier molecular flexibility index (Phi) is 9.06. The van der Waals surface area contributed by atoms with Gasteiger partial charge in [-0.15, -0.1) is 0 Å². The molecule has 0 bridgehead atoms. The zero-order valence-electron chi connectivity index (χ0n) is 17.8. The maximum absolute atomic E-state index is 12.2. The van der Waals surface area contributed by atoms with Crippen LogP contribution in [0.5, 0.6) is 0 Å². The highest BCUT2D eigenvalue weighted by Gasteiger charge is 2.19. The summed E-state index contributed by atoms with van der Waals surface area (Å²) in [4.78, 5) is 35.4. The minimum absolute atomic E-state index is 0.000413. The first-order valence-corrected chi connectivity index (χ1v) is 10.1. The van der Waals surface area contributed by atoms with Crippen molar-refractivity contribution < 1.29 is 23.9 Å². The second-order valence-corrected chi connectivity index (χ2v) is 7.07. The summed E-state index contributed by atoms with van der Waals surface area (Å²) in [5.41, 5.74) is 4.47. The van der Waals surface area contributed by atoms with Crippen molar-refractivity contribution in [2.24, 2.45) is 0 Å². The Balaban J connectivity index is 2.06. The van der Waals surface area contributed by atoms with Gasteiger partial charge in [0.05, 0.1) is 26.6 Å². The molecule has 0 saturated carbocycles. The number of esters is 2. The van der Waals surface area contributed by atoms with Gasteiger partial charge in [0.25, 0.3) is 0 Å². The number of carbonyl (C=O) groups is 3. The number of methoxy groups -OCH3 is 1. The first-order chi connectivity index (χ1) is 14.4. The van der Waals surface area contributed by atoms with Crippen LogP contribution in [-0.4, -0.2) is 37.6 Å². The molecule has 0 aliphatic rings. The fourth-order valence-corrected chi connectivity index (χ4v) is 3.21. The molecule has 1 atom stereocenters. The van der Waals surface area contributed by atoms with Gasteiger partial charge in [0, 0.05) is 12.5 Å². The van der Waals surface area contributed by atoms with Crippen LogP contribution < -0.4 is 5.32 Å². The summed E-state index contributed by atoms with van der Waals surface area (Å²) < 4.78 is 9.59. The number of aryl methyl sites for hydroxylation is 1. The van der Waals surface area contributed by atoms with Crippen LogP contribution >= 0.6 is 0 Å². The van der Waals surface area contributed by atoms with Gasteiger partial charge in [0.1, 0.15) is 0 Å². The van der Waals surface area contributed by atoms with Crippen molar-refractivity contribution in [2.45, 2.75) is 45.6 Å². The molecule has 6 nitrogen and oxygen atoms in total. The van der Waals surface area contributed by atoms with Crippen LogP contribution in [0.3, 0.4) is 0 Å². The average molecular weight is 411 g/mol. The second-order valence-electron chi connectivity index (χ2n) is 7.07. The minimum atomic E-state index is -0.445. The van der Waals surface area contributed by atoms with E-state index in [4.69, 9.17) is 4.74 Å². The number of amides is 1. The summed E-state index contributed by atoms with van der Waals surface area (Å²) in [5, 5.41) is 2.84. The van der Waals surface area contributed by atoms with Crippen molar-refractivity contribution in [2.75, 3.05) is 13.7 Å². The molecule has 0 fully saturated rings. The van der Waals surface area contributed by atoms with Gasteiger partial charge in [-0.2, -0.15) is 0 Å². The molecule has 0 heterocycles. The molecule has 1 amide bonds. The maximum Gasteiger partial charge on any atom is 0.307 e. The van der Waals surface area contributed by atoms with E-state index in [1.165, 1.54) is 18.2 Å². The SMILES string of the molecule is CCOC(=O)CC(Cc1ccc(-c2ccccc2C)cc1)NC(=O)CCC(=O)OC. The molecule has 0 radical (unpaired) electrons. The van der Waals surface area contributed by atoms with Crippen LogP contribution in [0.15, 0.2) is 48.5 Å². The van der Waals surface area contributed by atoms with E-state index in [-0.39, 0.29) is 37.7 Å². The topological polar surface area (TPSA) is 81.7 Å². The third-order valence-electron chi connectivity index (χ3n) is 4.76. The van der Waals surface area contributed by atoms with E-state index >= 15 is 0 Å². The zero-order valence-corrected chi connectivity index (χ0v) is 17.8. The Morgan fingerprint density at radius 3 is 2.30 bits per heavy atom. The summed E-state index contributed by atoms with van der Waals surface area (Å²) in [6.07, 6.45) is 0.561. The molecule has 0 saturated heterocycles. The summed E-state index contributed by atoms with van der Waals surface area (Å²) >= 11 is 0. The highest BCUT2D eigenvalue weighted by Crippen LogP contribution is 2.23. The van der Waals surface area contributed by atoms with Gasteiger partial charge < -0.3 is 14.8 Å². The number of ether oxygens (including phenoxy) is 2. The first kappa shape index (κ1) is 23.1. The average Bonchev–Trinajstić information content (AvgIpc) is 2.73. The molecular weight excluding hydrogens is 382 g/mol. The quantitative estimate of drug-likeness (QED) is 0.604. The Labute approximate surface area is 177 Å². The summed E-state index contributed by atoms with van der Waals surface area (Å²) in [6.45, 7) is 4.10. The van der Waals surface area contributed by atoms with Crippen molar-refractivity contribution >= 4 is 17.8 Å². The molecule has 0 spiro atoms. The molecular formula is C24H29NO5. The lowest BCUT2D eigenvalue weighted by Gasteiger charge is -2.18. The summed E-state index contributed by atoms with van der Waals surface area (Å²) in [7, 11) is 1.28. The van der Waals surface area contributed by atoms with Gasteiger partial charge in [-0.05, 0) is 42.5 Å². The van der Waals surface area contributed by atoms with Crippen molar-refractivity contribution in [3.8, 4) is 11.1 Å². The fraction of sp³-hybridized carbons (Fsp3) is 0.375. The molecule has 2 aromatic rings. The third kappa shape index (κ3) is 7.35. The van der Waals surface area contributed by atoms with Crippen LogP contribution in [0.4, 0.5) is 0 Å². The predicted octanol–water partition coefficient (Wildman–Crippen LogP) is 3.60. The standard InChI is InChI=1S/C24H29NO5/c1-4-30-24(28)16-20(25-22(26)13-14-23(27)29-3)15-18-9-11-19(12-10-18)21-8-6-5-7-17(21)2/h5-12,20H,4,13-16H2,1-3H3,(H,25,26). The van der Waals surface area contributed by atoms with E-state index in [2.05, 4.69) is 29.1 Å². The van der Waals surface area contributed by atoms with Gasteiger partial charge in [0.15, 0.2) is 0 Å². The number of hydrogen-bond donors (Lipinski definition) is 1. The lowest BCUT2D eigenvalue weighted by atomic mass is 9.97. The molecule has 6 heteroatoms. The lowest BCUT2D eigenvalue weighted by molar-refractivity contribution is -0.144. The Morgan fingerprint density at radius 1 is 0.967 bits per heavy atom. The van der Waals surface area contributed by atoms with E-state index in [0.717, 1.165) is 11.1 Å². The Morgan fingerprint density at radius 2 is 1.67 bits per heavy atom. The van der Waals surface area contributed by atoms with Crippen molar-refractivity contribution in [3.63, 3.8) is 0 Å². The maximum atomic E-state index is 12.2. The summed E-state index contributed by atoms with van der Waals surface area (Å²) in [5.74, 6) is -1.11. The summed E-state index contributed by atoms with van der Waals surface area (Å²) in [6, 6.07) is 15.8. The smallest absolute Gasteiger partial charge is 0.307 e. The molecule has 2 rings (SSSR count). The van der Waals surface area contributed by atoms with E-state index in [1.807, 2.05) is 36.4 Å². The van der Waals surface area contributed by atoms with E-state index in [9.17, 15) is 14.4 Å². The van der Waals surface area contributed by atoms with E-state index in [1.54, 1.807) is 6.92 Å². The second kappa shape index (κ2) is 11.8. The molecule has 2 aromatic carbocycles. The van der Waals surface area contributed by atoms with Crippen LogP contribution in [0, 0.1) is 6.92 Å². The van der Waals surface area contributed by atoms with Crippen molar-refractivity contribution in [3.05, 3.63) is 59.7 Å². The van der Waals surface area contributed by atoms with Gasteiger partial charge in [-0.25, -0.2) is 0 Å². The van der Waals surface area contributed by atoms with Gasteiger partial charge in [-0.3, -0.25) is 14.4 Å². The van der Waals surface area contributed by atoms with Gasteiger partial charge >= 0.3 is 11.9 Å². The Hall–Kier alpha value is -3.15. The minimum Gasteiger partial charge on any atom is -0.469 e. The van der Waals surface area contributed by atoms with Crippen LogP contribution in [0.1, 0.15) is 37.3 Å². The highest BCUT2D eigenvalue weighted by molar-refractivity contribution is 5.82. The largest absolute Gasteiger partial charge is 0.469 e. The monoisotopic (exact) mass is 411 g/mol. The normalized spacial score (nSPS) is 11.4. The van der Waals surface area contributed by atoms with E-state index in [0.29, 0.717) is 6.42 Å². The van der Waals surface area contributed by atoms with E-state index < -0.39 is 12.0 Å². The molecule has 30 heavy (non-hydrogen) atoms. The lowest BCUT2D eigenvalue weighted by Crippen LogP contribution is -2.38. The highest BCUT2D eigenvalue weighted by atomic mass is 16.5. The molecule has 1 unspecified atom stereocenters.